The van der Waals surface area contributed by atoms with Gasteiger partial charge in [0.15, 0.2) is 0 Å². The predicted molar refractivity (Wildman–Crippen MR) is 56.7 cm³/mol. The van der Waals surface area contributed by atoms with Crippen molar-refractivity contribution in [2.45, 2.75) is 6.18 Å². The Bertz CT molecular complexity index is 491. The highest BCUT2D eigenvalue weighted by molar-refractivity contribution is 9.10. The van der Waals surface area contributed by atoms with Gasteiger partial charge in [0.2, 0.25) is 0 Å². The SMILES string of the molecule is FC(F)(F)c1ccc(Br)c(-c2ccn[nH]2)c1. The molecule has 0 unspecified atom stereocenters. The number of alkyl halides is 3. The first-order valence-electron chi connectivity index (χ1n) is 4.35. The monoisotopic (exact) mass is 290 g/mol. The number of benzene rings is 1. The van der Waals surface area contributed by atoms with Crippen LogP contribution in [0.1, 0.15) is 5.56 Å². The molecule has 2 nitrogen and oxygen atoms in total. The lowest BCUT2D eigenvalue weighted by Crippen LogP contribution is -2.04. The van der Waals surface area contributed by atoms with Crippen molar-refractivity contribution in [2.75, 3.05) is 0 Å². The normalized spacial score (nSPS) is 11.8. The molecule has 0 atom stereocenters. The zero-order valence-corrected chi connectivity index (χ0v) is 9.43. The minimum atomic E-state index is -4.34. The van der Waals surface area contributed by atoms with Crippen LogP contribution < -0.4 is 0 Å². The first-order valence-corrected chi connectivity index (χ1v) is 5.14. The molecule has 16 heavy (non-hydrogen) atoms. The van der Waals surface area contributed by atoms with Crippen LogP contribution in [0.15, 0.2) is 34.9 Å². The van der Waals surface area contributed by atoms with E-state index in [1.807, 2.05) is 0 Å². The summed E-state index contributed by atoms with van der Waals surface area (Å²) in [6, 6.07) is 5.10. The van der Waals surface area contributed by atoms with Gasteiger partial charge < -0.3 is 0 Å². The van der Waals surface area contributed by atoms with Crippen molar-refractivity contribution in [3.8, 4) is 11.3 Å². The third-order valence-electron chi connectivity index (χ3n) is 2.08. The molecular weight excluding hydrogens is 285 g/mol. The zero-order valence-electron chi connectivity index (χ0n) is 7.85. The zero-order chi connectivity index (χ0) is 11.8. The second-order valence-corrected chi connectivity index (χ2v) is 4.02. The largest absolute Gasteiger partial charge is 0.416 e. The molecular formula is C10H6BrF3N2. The summed E-state index contributed by atoms with van der Waals surface area (Å²) in [7, 11) is 0. The van der Waals surface area contributed by atoms with Crippen molar-refractivity contribution in [3.63, 3.8) is 0 Å². The maximum absolute atomic E-state index is 12.5. The Morgan fingerprint density at radius 2 is 1.94 bits per heavy atom. The van der Waals surface area contributed by atoms with Crippen molar-refractivity contribution < 1.29 is 13.2 Å². The quantitative estimate of drug-likeness (QED) is 0.849. The molecule has 0 radical (unpaired) electrons. The van der Waals surface area contributed by atoms with Crippen LogP contribution in [0.5, 0.6) is 0 Å². The van der Waals surface area contributed by atoms with E-state index in [4.69, 9.17) is 0 Å². The highest BCUT2D eigenvalue weighted by Crippen LogP contribution is 2.35. The van der Waals surface area contributed by atoms with Gasteiger partial charge in [0.25, 0.3) is 0 Å². The first kappa shape index (κ1) is 11.2. The molecule has 1 N–H and O–H groups in total. The number of aromatic nitrogens is 2. The molecule has 0 fully saturated rings. The number of H-pyrrole nitrogens is 1. The Kier molecular flexibility index (Phi) is 2.75. The van der Waals surface area contributed by atoms with Crippen molar-refractivity contribution in [1.29, 1.82) is 0 Å². The van der Waals surface area contributed by atoms with Crippen molar-refractivity contribution in [3.05, 3.63) is 40.5 Å². The lowest BCUT2D eigenvalue weighted by Gasteiger charge is -2.09. The molecule has 84 valence electrons. The molecule has 1 aromatic heterocycles. The average Bonchev–Trinajstić information content (AvgIpc) is 2.69. The molecule has 2 rings (SSSR count). The molecule has 0 amide bonds. The number of hydrogen-bond acceptors (Lipinski definition) is 1. The Hall–Kier alpha value is -1.30. The van der Waals surface area contributed by atoms with Crippen LogP contribution >= 0.6 is 15.9 Å². The Balaban J connectivity index is 2.54. The van der Waals surface area contributed by atoms with Gasteiger partial charge in [0, 0.05) is 16.2 Å². The van der Waals surface area contributed by atoms with Crippen LogP contribution in [0.3, 0.4) is 0 Å². The summed E-state index contributed by atoms with van der Waals surface area (Å²) in [5.41, 5.74) is 0.297. The summed E-state index contributed by atoms with van der Waals surface area (Å²) in [4.78, 5) is 0. The average molecular weight is 291 g/mol. The number of hydrogen-bond donors (Lipinski definition) is 1. The molecule has 0 aliphatic heterocycles. The fourth-order valence-electron chi connectivity index (χ4n) is 1.31. The van der Waals surface area contributed by atoms with Crippen LogP contribution in [0.2, 0.25) is 0 Å². The smallest absolute Gasteiger partial charge is 0.278 e. The molecule has 1 heterocycles. The maximum Gasteiger partial charge on any atom is 0.416 e. The molecule has 0 saturated heterocycles. The third-order valence-corrected chi connectivity index (χ3v) is 2.78. The summed E-state index contributed by atoms with van der Waals surface area (Å²) >= 11 is 3.20. The lowest BCUT2D eigenvalue weighted by molar-refractivity contribution is -0.137. The van der Waals surface area contributed by atoms with Crippen LogP contribution in [-0.2, 0) is 6.18 Å². The van der Waals surface area contributed by atoms with E-state index in [9.17, 15) is 13.2 Å². The number of aromatic amines is 1. The molecule has 0 aliphatic rings. The predicted octanol–water partition coefficient (Wildman–Crippen LogP) is 3.86. The number of nitrogens with zero attached hydrogens (tertiary/aromatic N) is 1. The number of halogens is 4. The molecule has 1 aromatic carbocycles. The van der Waals surface area contributed by atoms with E-state index in [2.05, 4.69) is 26.1 Å². The van der Waals surface area contributed by atoms with Gasteiger partial charge in [0.05, 0.1) is 11.3 Å². The van der Waals surface area contributed by atoms with E-state index in [0.717, 1.165) is 12.1 Å². The summed E-state index contributed by atoms with van der Waals surface area (Å²) < 4.78 is 38.1. The van der Waals surface area contributed by atoms with Gasteiger partial charge in [-0.05, 0) is 24.3 Å². The Labute approximate surface area is 97.6 Å². The Morgan fingerprint density at radius 3 is 2.50 bits per heavy atom. The molecule has 0 spiro atoms. The minimum absolute atomic E-state index is 0.437. The molecule has 0 aliphatic carbocycles. The summed E-state index contributed by atoms with van der Waals surface area (Å²) in [6.07, 6.45) is -2.85. The third kappa shape index (κ3) is 2.11. The van der Waals surface area contributed by atoms with E-state index in [1.54, 1.807) is 6.07 Å². The Morgan fingerprint density at radius 1 is 1.19 bits per heavy atom. The number of nitrogens with one attached hydrogen (secondary N) is 1. The van der Waals surface area contributed by atoms with Crippen LogP contribution in [-0.4, -0.2) is 10.2 Å². The van der Waals surface area contributed by atoms with Crippen LogP contribution in [0.25, 0.3) is 11.3 Å². The van der Waals surface area contributed by atoms with Crippen LogP contribution in [0, 0.1) is 0 Å². The van der Waals surface area contributed by atoms with Crippen molar-refractivity contribution >= 4 is 15.9 Å². The van der Waals surface area contributed by atoms with Gasteiger partial charge in [-0.25, -0.2) is 0 Å². The fraction of sp³-hybridized carbons (Fsp3) is 0.100. The molecule has 2 aromatic rings. The molecule has 0 bridgehead atoms. The minimum Gasteiger partial charge on any atom is -0.278 e. The lowest BCUT2D eigenvalue weighted by atomic mass is 10.1. The second kappa shape index (κ2) is 3.93. The van der Waals surface area contributed by atoms with Gasteiger partial charge in [-0.1, -0.05) is 15.9 Å². The highest BCUT2D eigenvalue weighted by atomic mass is 79.9. The summed E-state index contributed by atoms with van der Waals surface area (Å²) in [5.74, 6) is 0. The maximum atomic E-state index is 12.5. The van der Waals surface area contributed by atoms with Gasteiger partial charge in [-0.2, -0.15) is 18.3 Å². The standard InChI is InChI=1S/C10H6BrF3N2/c11-8-2-1-6(10(12,13)14)5-7(8)9-3-4-15-16-9/h1-5H,(H,15,16). The molecule has 0 saturated carbocycles. The number of rotatable bonds is 1. The topological polar surface area (TPSA) is 28.7 Å². The van der Waals surface area contributed by atoms with E-state index in [-0.39, 0.29) is 0 Å². The van der Waals surface area contributed by atoms with E-state index >= 15 is 0 Å². The highest BCUT2D eigenvalue weighted by Gasteiger charge is 2.31. The fourth-order valence-corrected chi connectivity index (χ4v) is 1.77. The van der Waals surface area contributed by atoms with Crippen molar-refractivity contribution in [1.82, 2.24) is 10.2 Å². The summed E-state index contributed by atoms with van der Waals surface area (Å²) in [5, 5.41) is 6.33. The molecule has 6 heteroatoms. The van der Waals surface area contributed by atoms with Gasteiger partial charge >= 0.3 is 6.18 Å². The first-order chi connectivity index (χ1) is 7.48. The van der Waals surface area contributed by atoms with Gasteiger partial charge in [-0.3, -0.25) is 5.10 Å². The van der Waals surface area contributed by atoms with Gasteiger partial charge in [-0.15, -0.1) is 0 Å². The second-order valence-electron chi connectivity index (χ2n) is 3.16. The van der Waals surface area contributed by atoms with Crippen LogP contribution in [0.4, 0.5) is 13.2 Å². The van der Waals surface area contributed by atoms with E-state index < -0.39 is 11.7 Å². The van der Waals surface area contributed by atoms with E-state index in [1.165, 1.54) is 12.3 Å². The van der Waals surface area contributed by atoms with Gasteiger partial charge in [0.1, 0.15) is 0 Å². The van der Waals surface area contributed by atoms with E-state index in [0.29, 0.717) is 15.7 Å². The van der Waals surface area contributed by atoms with Crippen molar-refractivity contribution in [2.24, 2.45) is 0 Å². The summed E-state index contributed by atoms with van der Waals surface area (Å²) in [6.45, 7) is 0.